The number of nitrogens with one attached hydrogen (secondary N) is 1. The Bertz CT molecular complexity index is 2340. The van der Waals surface area contributed by atoms with Crippen LogP contribution in [0.2, 0.25) is 0 Å². The van der Waals surface area contributed by atoms with Crippen LogP contribution in [-0.4, -0.2) is 91.4 Å². The van der Waals surface area contributed by atoms with Crippen molar-refractivity contribution in [1.29, 1.82) is 0 Å². The van der Waals surface area contributed by atoms with Gasteiger partial charge < -0.3 is 38.5 Å². The summed E-state index contributed by atoms with van der Waals surface area (Å²) in [6, 6.07) is 19.5. The molecule has 4 aliphatic rings. The summed E-state index contributed by atoms with van der Waals surface area (Å²) >= 11 is 0. The third kappa shape index (κ3) is 7.58. The van der Waals surface area contributed by atoms with Gasteiger partial charge in [0, 0.05) is 49.9 Å². The third-order valence-electron chi connectivity index (χ3n) is 12.3. The molecule has 2 bridgehead atoms. The number of hydrogen-bond donors (Lipinski definition) is 1. The molecular weight excluding hydrogens is 735 g/mol. The number of carbonyl (C=O) groups excluding carboxylic acids is 3. The predicted octanol–water partition coefficient (Wildman–Crippen LogP) is 7.65. The van der Waals surface area contributed by atoms with E-state index in [4.69, 9.17) is 24.2 Å². The Kier molecular flexibility index (Phi) is 10.0. The SMILES string of the molecule is COc1cc(C(=O)N2CC3CCC2[C@@H]3NC(=O)OC(C)(C)C)cc2nc(-c3cc4cccnc4n3CC3CC3)n(CC3CCN(C(=O)OCc4ccccc4)CC3)c12. The van der Waals surface area contributed by atoms with E-state index in [9.17, 15) is 14.4 Å². The highest BCUT2D eigenvalue weighted by Crippen LogP contribution is 2.42. The van der Waals surface area contributed by atoms with Gasteiger partial charge in [0.2, 0.25) is 0 Å². The van der Waals surface area contributed by atoms with Gasteiger partial charge in [0.05, 0.1) is 30.4 Å². The lowest BCUT2D eigenvalue weighted by molar-refractivity contribution is 0.0485. The summed E-state index contributed by atoms with van der Waals surface area (Å²) in [5.74, 6) is 2.31. The fraction of sp³-hybridized carbons (Fsp3) is 0.489. The second-order valence-electron chi connectivity index (χ2n) is 17.6. The molecule has 9 rings (SSSR count). The van der Waals surface area contributed by atoms with E-state index < -0.39 is 11.7 Å². The van der Waals surface area contributed by atoms with E-state index in [1.54, 1.807) is 7.11 Å². The number of ether oxygens (including phenoxy) is 3. The predicted molar refractivity (Wildman–Crippen MR) is 219 cm³/mol. The molecule has 2 saturated carbocycles. The maximum atomic E-state index is 14.4. The number of pyridine rings is 1. The van der Waals surface area contributed by atoms with Crippen LogP contribution in [0, 0.1) is 17.8 Å². The highest BCUT2D eigenvalue weighted by molar-refractivity contribution is 6.00. The molecule has 2 saturated heterocycles. The van der Waals surface area contributed by atoms with Gasteiger partial charge in [-0.2, -0.15) is 0 Å². The van der Waals surface area contributed by atoms with Crippen LogP contribution in [0.3, 0.4) is 0 Å². The van der Waals surface area contributed by atoms with Crippen LogP contribution in [0.15, 0.2) is 66.9 Å². The van der Waals surface area contributed by atoms with Crippen molar-refractivity contribution in [2.75, 3.05) is 26.7 Å². The Morgan fingerprint density at radius 3 is 2.38 bits per heavy atom. The van der Waals surface area contributed by atoms with Crippen LogP contribution in [-0.2, 0) is 29.2 Å². The normalized spacial score (nSPS) is 20.9. The van der Waals surface area contributed by atoms with Gasteiger partial charge in [0.15, 0.2) is 5.82 Å². The lowest BCUT2D eigenvalue weighted by atomic mass is 9.96. The lowest BCUT2D eigenvalue weighted by Crippen LogP contribution is -2.46. The highest BCUT2D eigenvalue weighted by Gasteiger charge is 2.50. The first-order valence-corrected chi connectivity index (χ1v) is 20.8. The van der Waals surface area contributed by atoms with Crippen LogP contribution in [0.5, 0.6) is 5.75 Å². The number of piperidine rings is 2. The molecule has 4 fully saturated rings. The van der Waals surface area contributed by atoms with E-state index >= 15 is 0 Å². The van der Waals surface area contributed by atoms with Crippen molar-refractivity contribution >= 4 is 40.2 Å². The van der Waals surface area contributed by atoms with Gasteiger partial charge >= 0.3 is 12.2 Å². The first-order chi connectivity index (χ1) is 28.0. The van der Waals surface area contributed by atoms with Crippen LogP contribution in [0.1, 0.15) is 75.2 Å². The Balaban J connectivity index is 1.02. The van der Waals surface area contributed by atoms with Crippen molar-refractivity contribution in [2.24, 2.45) is 17.8 Å². The average molecular weight is 788 g/mol. The Labute approximate surface area is 338 Å². The van der Waals surface area contributed by atoms with E-state index in [-0.39, 0.29) is 42.5 Å². The van der Waals surface area contributed by atoms with Crippen molar-refractivity contribution < 1.29 is 28.6 Å². The van der Waals surface area contributed by atoms with Crippen LogP contribution in [0.4, 0.5) is 9.59 Å². The minimum atomic E-state index is -0.609. The molecule has 13 heteroatoms. The number of likely N-dealkylation sites (tertiary alicyclic amines) is 2. The number of alkyl carbamates (subject to hydrolysis) is 1. The standard InChI is InChI=1S/C45H53N7O6/c1-45(2,3)58-43(54)48-38-32-14-15-35(38)51(26-32)42(53)33-21-34-39(37(23-33)56-4)52(25-29-16-19-49(20-17-29)44(55)57-27-30-9-6-5-7-10-30)41(47-34)36-22-31-11-8-18-46-40(31)50(36)24-28-12-13-28/h5-11,18,21-23,28-29,32,35,38H,12-17,19-20,24-27H2,1-4H3,(H,48,54)/t32?,35?,38-/m1/s1. The molecule has 5 aromatic rings. The van der Waals surface area contributed by atoms with Crippen molar-refractivity contribution in [3.8, 4) is 17.3 Å². The lowest BCUT2D eigenvalue weighted by Gasteiger charge is -2.32. The average Bonchev–Trinajstić information content (AvgIpc) is 3.53. The molecule has 3 aromatic heterocycles. The number of rotatable bonds is 10. The Morgan fingerprint density at radius 2 is 1.64 bits per heavy atom. The monoisotopic (exact) mass is 787 g/mol. The third-order valence-corrected chi connectivity index (χ3v) is 12.3. The van der Waals surface area contributed by atoms with Crippen molar-refractivity contribution in [2.45, 2.75) is 96.7 Å². The molecule has 13 nitrogen and oxygen atoms in total. The van der Waals surface area contributed by atoms with Gasteiger partial charge in [0.25, 0.3) is 5.91 Å². The van der Waals surface area contributed by atoms with Gasteiger partial charge in [-0.25, -0.2) is 19.6 Å². The zero-order valence-corrected chi connectivity index (χ0v) is 33.9. The molecule has 304 valence electrons. The summed E-state index contributed by atoms with van der Waals surface area (Å²) in [4.78, 5) is 54.1. The summed E-state index contributed by atoms with van der Waals surface area (Å²) in [7, 11) is 1.65. The summed E-state index contributed by atoms with van der Waals surface area (Å²) in [6.07, 6.45) is 6.87. The number of benzene rings is 2. The molecule has 58 heavy (non-hydrogen) atoms. The second kappa shape index (κ2) is 15.3. The topological polar surface area (TPSA) is 133 Å². The van der Waals surface area contributed by atoms with Crippen molar-refractivity contribution in [3.05, 3.63) is 78.0 Å². The Morgan fingerprint density at radius 1 is 0.879 bits per heavy atom. The molecule has 2 aliphatic heterocycles. The molecule has 2 aliphatic carbocycles. The molecular formula is C45H53N7O6. The van der Waals surface area contributed by atoms with Gasteiger partial charge in [-0.3, -0.25) is 4.79 Å². The summed E-state index contributed by atoms with van der Waals surface area (Å²) < 4.78 is 21.9. The molecule has 0 radical (unpaired) electrons. The smallest absolute Gasteiger partial charge is 0.410 e. The number of amides is 3. The largest absolute Gasteiger partial charge is 0.494 e. The van der Waals surface area contributed by atoms with E-state index in [0.29, 0.717) is 48.9 Å². The summed E-state index contributed by atoms with van der Waals surface area (Å²) in [5.41, 5.74) is 4.30. The molecule has 1 N–H and O–H groups in total. The first kappa shape index (κ1) is 38.0. The Hall–Kier alpha value is -5.59. The van der Waals surface area contributed by atoms with E-state index in [1.807, 2.05) is 85.3 Å². The first-order valence-electron chi connectivity index (χ1n) is 20.8. The number of aromatic nitrogens is 4. The van der Waals surface area contributed by atoms with Crippen molar-refractivity contribution in [1.82, 2.24) is 34.2 Å². The fourth-order valence-corrected chi connectivity index (χ4v) is 9.32. The van der Waals surface area contributed by atoms with Gasteiger partial charge in [-0.1, -0.05) is 30.3 Å². The van der Waals surface area contributed by atoms with E-state index in [1.165, 1.54) is 12.8 Å². The van der Waals surface area contributed by atoms with Crippen LogP contribution >= 0.6 is 0 Å². The van der Waals surface area contributed by atoms with Crippen LogP contribution < -0.4 is 10.1 Å². The zero-order valence-electron chi connectivity index (χ0n) is 33.9. The highest BCUT2D eigenvalue weighted by atomic mass is 16.6. The number of imidazole rings is 1. The minimum absolute atomic E-state index is 0.0990. The minimum Gasteiger partial charge on any atom is -0.494 e. The molecule has 2 unspecified atom stereocenters. The summed E-state index contributed by atoms with van der Waals surface area (Å²) in [5, 5.41) is 4.13. The quantitative estimate of drug-likeness (QED) is 0.153. The van der Waals surface area contributed by atoms with Gasteiger partial charge in [-0.15, -0.1) is 0 Å². The number of methoxy groups -OCH3 is 1. The molecule has 0 spiro atoms. The van der Waals surface area contributed by atoms with Crippen molar-refractivity contribution in [3.63, 3.8) is 0 Å². The number of fused-ring (bicyclic) bond motifs is 4. The molecule has 2 aromatic carbocycles. The van der Waals surface area contributed by atoms with Gasteiger partial charge in [-0.05, 0) is 113 Å². The second-order valence-corrected chi connectivity index (χ2v) is 17.6. The van der Waals surface area contributed by atoms with E-state index in [2.05, 4.69) is 26.6 Å². The van der Waals surface area contributed by atoms with Gasteiger partial charge in [0.1, 0.15) is 29.1 Å². The zero-order chi connectivity index (χ0) is 40.1. The summed E-state index contributed by atoms with van der Waals surface area (Å²) in [6.45, 7) is 9.08. The number of nitrogens with zero attached hydrogens (tertiary/aromatic N) is 6. The number of hydrogen-bond acceptors (Lipinski definition) is 8. The fourth-order valence-electron chi connectivity index (χ4n) is 9.32. The molecule has 3 amide bonds. The van der Waals surface area contributed by atoms with Crippen LogP contribution in [0.25, 0.3) is 33.6 Å². The maximum Gasteiger partial charge on any atom is 0.410 e. The maximum absolute atomic E-state index is 14.4. The van der Waals surface area contributed by atoms with E-state index in [0.717, 1.165) is 65.9 Å². The molecule has 3 atom stereocenters. The molecule has 5 heterocycles. The number of carbonyl (C=O) groups is 3.